The standard InChI is InChI=1S/C19H17N5O/c1-12-7-8-14(18(20)25)16(13-5-3-2-4-6-13)17(12)24-11-23-19-15(24)9-21-10-22-19/h2-10H,11H2,1H3,(H2,20,25)(H,21,22,23). The molecule has 0 bridgehead atoms. The van der Waals surface area contributed by atoms with E-state index in [9.17, 15) is 4.79 Å². The number of hydrogen-bond donors (Lipinski definition) is 2. The molecule has 3 N–H and O–H groups in total. The van der Waals surface area contributed by atoms with Gasteiger partial charge in [-0.2, -0.15) is 0 Å². The first kappa shape index (κ1) is 15.1. The van der Waals surface area contributed by atoms with Gasteiger partial charge in [0.2, 0.25) is 5.91 Å². The molecule has 1 amide bonds. The molecule has 4 rings (SSSR count). The molecule has 2 heterocycles. The van der Waals surface area contributed by atoms with E-state index in [1.807, 2.05) is 43.3 Å². The van der Waals surface area contributed by atoms with Crippen LogP contribution in [-0.2, 0) is 0 Å². The number of rotatable bonds is 3. The fraction of sp³-hybridized carbons (Fsp3) is 0.105. The van der Waals surface area contributed by atoms with Crippen molar-refractivity contribution in [3.8, 4) is 11.1 Å². The van der Waals surface area contributed by atoms with Gasteiger partial charge in [-0.3, -0.25) is 4.79 Å². The van der Waals surface area contributed by atoms with E-state index in [-0.39, 0.29) is 0 Å². The summed E-state index contributed by atoms with van der Waals surface area (Å²) >= 11 is 0. The van der Waals surface area contributed by atoms with Gasteiger partial charge in [-0.05, 0) is 24.1 Å². The van der Waals surface area contributed by atoms with Gasteiger partial charge in [-0.25, -0.2) is 9.97 Å². The molecule has 0 unspecified atom stereocenters. The van der Waals surface area contributed by atoms with Crippen molar-refractivity contribution in [2.24, 2.45) is 5.73 Å². The quantitative estimate of drug-likeness (QED) is 0.770. The van der Waals surface area contributed by atoms with E-state index in [4.69, 9.17) is 5.73 Å². The third-order valence-electron chi connectivity index (χ3n) is 4.37. The summed E-state index contributed by atoms with van der Waals surface area (Å²) in [6.45, 7) is 2.57. The minimum atomic E-state index is -0.447. The molecular weight excluding hydrogens is 314 g/mol. The summed E-state index contributed by atoms with van der Waals surface area (Å²) in [6.07, 6.45) is 3.29. The van der Waals surface area contributed by atoms with Gasteiger partial charge in [0.05, 0.1) is 18.6 Å². The molecule has 0 spiro atoms. The Morgan fingerprint density at radius 3 is 2.76 bits per heavy atom. The van der Waals surface area contributed by atoms with Gasteiger partial charge in [0.15, 0.2) is 5.82 Å². The molecule has 1 aromatic heterocycles. The number of nitrogens with one attached hydrogen (secondary N) is 1. The van der Waals surface area contributed by atoms with Crippen molar-refractivity contribution >= 4 is 23.1 Å². The van der Waals surface area contributed by atoms with Crippen LogP contribution in [0, 0.1) is 6.92 Å². The van der Waals surface area contributed by atoms with Gasteiger partial charge in [0.1, 0.15) is 12.0 Å². The average molecular weight is 331 g/mol. The molecule has 1 aliphatic rings. The molecule has 2 aromatic carbocycles. The fourth-order valence-electron chi connectivity index (χ4n) is 3.24. The number of nitrogens with two attached hydrogens (primary N) is 1. The molecule has 6 nitrogen and oxygen atoms in total. The molecule has 6 heteroatoms. The highest BCUT2D eigenvalue weighted by Gasteiger charge is 2.27. The maximum Gasteiger partial charge on any atom is 0.249 e. The normalized spacial score (nSPS) is 12.6. The SMILES string of the molecule is Cc1ccc(C(N)=O)c(-c2ccccc2)c1N1CNc2ncncc21. The van der Waals surface area contributed by atoms with Crippen LogP contribution < -0.4 is 16.0 Å². The van der Waals surface area contributed by atoms with E-state index < -0.39 is 5.91 Å². The van der Waals surface area contributed by atoms with Gasteiger partial charge < -0.3 is 16.0 Å². The number of anilines is 3. The lowest BCUT2D eigenvalue weighted by molar-refractivity contribution is 0.100. The Bertz CT molecular complexity index is 955. The number of amides is 1. The Hall–Kier alpha value is -3.41. The second kappa shape index (κ2) is 5.90. The summed E-state index contributed by atoms with van der Waals surface area (Å²) in [7, 11) is 0. The number of carbonyl (C=O) groups is 1. The van der Waals surface area contributed by atoms with Crippen LogP contribution >= 0.6 is 0 Å². The Labute approximate surface area is 145 Å². The van der Waals surface area contributed by atoms with E-state index in [1.54, 1.807) is 12.3 Å². The molecule has 0 atom stereocenters. The second-order valence-corrected chi connectivity index (χ2v) is 5.90. The van der Waals surface area contributed by atoms with Gasteiger partial charge in [-0.1, -0.05) is 36.4 Å². The number of aryl methyl sites for hydroxylation is 1. The Morgan fingerprint density at radius 1 is 1.20 bits per heavy atom. The summed E-state index contributed by atoms with van der Waals surface area (Å²) in [5.41, 5.74) is 10.8. The smallest absolute Gasteiger partial charge is 0.249 e. The Balaban J connectivity index is 2.00. The number of primary amides is 1. The van der Waals surface area contributed by atoms with E-state index >= 15 is 0 Å². The number of hydrogen-bond acceptors (Lipinski definition) is 5. The van der Waals surface area contributed by atoms with Crippen LogP contribution in [0.3, 0.4) is 0 Å². The van der Waals surface area contributed by atoms with Crippen molar-refractivity contribution in [1.29, 1.82) is 0 Å². The van der Waals surface area contributed by atoms with Gasteiger partial charge in [0.25, 0.3) is 0 Å². The Kier molecular flexibility index (Phi) is 3.57. The molecule has 0 saturated carbocycles. The van der Waals surface area contributed by atoms with Crippen LogP contribution in [0.15, 0.2) is 55.0 Å². The van der Waals surface area contributed by atoms with E-state index in [0.717, 1.165) is 33.9 Å². The predicted octanol–water partition coefficient (Wildman–Crippen LogP) is 3.07. The fourth-order valence-corrected chi connectivity index (χ4v) is 3.24. The average Bonchev–Trinajstić information content (AvgIpc) is 3.05. The lowest BCUT2D eigenvalue weighted by atomic mass is 9.93. The summed E-state index contributed by atoms with van der Waals surface area (Å²) in [4.78, 5) is 22.6. The lowest BCUT2D eigenvalue weighted by Gasteiger charge is -2.25. The number of nitrogens with zero attached hydrogens (tertiary/aromatic N) is 3. The Morgan fingerprint density at radius 2 is 2.00 bits per heavy atom. The molecule has 1 aliphatic heterocycles. The minimum absolute atomic E-state index is 0.447. The molecule has 0 saturated heterocycles. The summed E-state index contributed by atoms with van der Waals surface area (Å²) < 4.78 is 0. The van der Waals surface area contributed by atoms with Crippen molar-refractivity contribution in [3.05, 3.63) is 66.1 Å². The van der Waals surface area contributed by atoms with Gasteiger partial charge >= 0.3 is 0 Å². The predicted molar refractivity (Wildman–Crippen MR) is 97.8 cm³/mol. The maximum absolute atomic E-state index is 12.1. The first-order valence-electron chi connectivity index (χ1n) is 7.97. The third kappa shape index (κ3) is 2.48. The zero-order chi connectivity index (χ0) is 17.4. The maximum atomic E-state index is 12.1. The molecule has 0 fully saturated rings. The summed E-state index contributed by atoms with van der Waals surface area (Å²) in [5.74, 6) is 0.328. The van der Waals surface area contributed by atoms with E-state index in [1.165, 1.54) is 6.33 Å². The van der Waals surface area contributed by atoms with Crippen LogP contribution in [0.5, 0.6) is 0 Å². The van der Waals surface area contributed by atoms with Crippen LogP contribution in [0.1, 0.15) is 15.9 Å². The molecular formula is C19H17N5O. The first-order valence-corrected chi connectivity index (χ1v) is 7.97. The highest BCUT2D eigenvalue weighted by molar-refractivity contribution is 6.05. The van der Waals surface area contributed by atoms with Crippen molar-refractivity contribution in [1.82, 2.24) is 9.97 Å². The van der Waals surface area contributed by atoms with Crippen molar-refractivity contribution in [3.63, 3.8) is 0 Å². The highest BCUT2D eigenvalue weighted by atomic mass is 16.1. The van der Waals surface area contributed by atoms with E-state index in [2.05, 4.69) is 20.2 Å². The van der Waals surface area contributed by atoms with Crippen molar-refractivity contribution in [2.45, 2.75) is 6.92 Å². The minimum Gasteiger partial charge on any atom is -0.366 e. The first-order chi connectivity index (χ1) is 12.2. The molecule has 0 aliphatic carbocycles. The lowest BCUT2D eigenvalue weighted by Crippen LogP contribution is -2.21. The zero-order valence-corrected chi connectivity index (χ0v) is 13.7. The van der Waals surface area contributed by atoms with Crippen LogP contribution in [0.2, 0.25) is 0 Å². The van der Waals surface area contributed by atoms with Crippen molar-refractivity contribution in [2.75, 3.05) is 16.9 Å². The molecule has 124 valence electrons. The van der Waals surface area contributed by atoms with Gasteiger partial charge in [-0.15, -0.1) is 0 Å². The number of benzene rings is 2. The second-order valence-electron chi connectivity index (χ2n) is 5.90. The van der Waals surface area contributed by atoms with Gasteiger partial charge in [0, 0.05) is 11.1 Å². The van der Waals surface area contributed by atoms with E-state index in [0.29, 0.717) is 12.2 Å². The van der Waals surface area contributed by atoms with Crippen molar-refractivity contribution < 1.29 is 4.79 Å². The summed E-state index contributed by atoms with van der Waals surface area (Å²) in [6, 6.07) is 13.5. The molecule has 3 aromatic rings. The topological polar surface area (TPSA) is 84.1 Å². The largest absolute Gasteiger partial charge is 0.366 e. The highest BCUT2D eigenvalue weighted by Crippen LogP contribution is 2.43. The number of aromatic nitrogens is 2. The zero-order valence-electron chi connectivity index (χ0n) is 13.7. The van der Waals surface area contributed by atoms with Crippen LogP contribution in [0.4, 0.5) is 17.2 Å². The van der Waals surface area contributed by atoms with Crippen LogP contribution in [0.25, 0.3) is 11.1 Å². The summed E-state index contributed by atoms with van der Waals surface area (Å²) in [5, 5.41) is 3.26. The molecule has 25 heavy (non-hydrogen) atoms. The third-order valence-corrected chi connectivity index (χ3v) is 4.37. The monoisotopic (exact) mass is 331 g/mol. The number of fused-ring (bicyclic) bond motifs is 1. The number of carbonyl (C=O) groups excluding carboxylic acids is 1. The van der Waals surface area contributed by atoms with Crippen LogP contribution in [-0.4, -0.2) is 22.5 Å². The molecule has 0 radical (unpaired) electrons.